The summed E-state index contributed by atoms with van der Waals surface area (Å²) in [6.45, 7) is 4.53. The van der Waals surface area contributed by atoms with E-state index in [2.05, 4.69) is 20.9 Å². The number of hydrogen-bond acceptors (Lipinski definition) is 4. The average molecular weight is 297 g/mol. The van der Waals surface area contributed by atoms with E-state index in [0.717, 1.165) is 0 Å². The highest BCUT2D eigenvalue weighted by molar-refractivity contribution is 5.86. The number of carbonyl (C=O) groups excluding carboxylic acids is 2. The van der Waals surface area contributed by atoms with E-state index in [-0.39, 0.29) is 18.1 Å². The minimum atomic E-state index is -1.10. The number of hydrogen-bond donors (Lipinski definition) is 4. The summed E-state index contributed by atoms with van der Waals surface area (Å²) in [5, 5.41) is 16.4. The molecule has 0 spiro atoms. The fraction of sp³-hybridized carbons (Fsp3) is 0.500. The van der Waals surface area contributed by atoms with Gasteiger partial charge < -0.3 is 25.6 Å². The molecular formula is C12H19N5O4. The molecule has 9 nitrogen and oxygen atoms in total. The largest absolute Gasteiger partial charge is 0.476 e. The van der Waals surface area contributed by atoms with E-state index in [1.165, 1.54) is 12.5 Å². The molecule has 0 saturated heterocycles. The summed E-state index contributed by atoms with van der Waals surface area (Å²) in [4.78, 5) is 37.3. The third-order valence-electron chi connectivity index (χ3n) is 2.60. The lowest BCUT2D eigenvalue weighted by Gasteiger charge is -2.14. The van der Waals surface area contributed by atoms with Crippen LogP contribution in [0, 0.1) is 0 Å². The molecule has 1 unspecified atom stereocenters. The first-order valence-corrected chi connectivity index (χ1v) is 6.51. The lowest BCUT2D eigenvalue weighted by Crippen LogP contribution is -2.48. The van der Waals surface area contributed by atoms with Gasteiger partial charge >= 0.3 is 12.0 Å². The molecule has 21 heavy (non-hydrogen) atoms. The first-order chi connectivity index (χ1) is 9.93. The van der Waals surface area contributed by atoms with Crippen LogP contribution in [0.2, 0.25) is 0 Å². The molecule has 0 bridgehead atoms. The van der Waals surface area contributed by atoms with E-state index < -0.39 is 18.0 Å². The predicted octanol–water partition coefficient (Wildman–Crippen LogP) is -0.595. The monoisotopic (exact) mass is 297 g/mol. The molecular weight excluding hydrogens is 278 g/mol. The van der Waals surface area contributed by atoms with Crippen LogP contribution in [0.3, 0.4) is 0 Å². The molecule has 0 saturated carbocycles. The summed E-state index contributed by atoms with van der Waals surface area (Å²) in [7, 11) is 0. The summed E-state index contributed by atoms with van der Waals surface area (Å²) in [6, 6.07) is -1.09. The zero-order valence-corrected chi connectivity index (χ0v) is 11.9. The number of nitrogens with zero attached hydrogens (tertiary/aromatic N) is 2. The van der Waals surface area contributed by atoms with Crippen molar-refractivity contribution < 1.29 is 19.5 Å². The fourth-order valence-corrected chi connectivity index (χ4v) is 1.53. The molecule has 0 radical (unpaired) electrons. The van der Waals surface area contributed by atoms with Crippen molar-refractivity contribution in [2.45, 2.75) is 26.4 Å². The molecule has 1 aromatic rings. The van der Waals surface area contributed by atoms with Gasteiger partial charge in [0.2, 0.25) is 5.91 Å². The van der Waals surface area contributed by atoms with Crippen LogP contribution >= 0.6 is 0 Å². The van der Waals surface area contributed by atoms with Gasteiger partial charge in [0, 0.05) is 25.8 Å². The Kier molecular flexibility index (Phi) is 6.18. The van der Waals surface area contributed by atoms with Crippen molar-refractivity contribution in [3.63, 3.8) is 0 Å². The van der Waals surface area contributed by atoms with E-state index in [1.807, 2.05) is 0 Å². The highest BCUT2D eigenvalue weighted by atomic mass is 16.4. The molecule has 1 atom stereocenters. The van der Waals surface area contributed by atoms with Crippen LogP contribution < -0.4 is 16.0 Å². The minimum absolute atomic E-state index is 0.0516. The lowest BCUT2D eigenvalue weighted by molar-refractivity contribution is -0.122. The summed E-state index contributed by atoms with van der Waals surface area (Å²) >= 11 is 0. The van der Waals surface area contributed by atoms with Gasteiger partial charge in [-0.25, -0.2) is 14.6 Å². The maximum atomic E-state index is 11.5. The average Bonchev–Trinajstić information content (AvgIpc) is 2.88. The molecule has 0 aromatic carbocycles. The zero-order valence-electron chi connectivity index (χ0n) is 11.9. The maximum absolute atomic E-state index is 11.5. The normalized spacial score (nSPS) is 11.5. The Morgan fingerprint density at radius 1 is 1.38 bits per heavy atom. The van der Waals surface area contributed by atoms with Crippen molar-refractivity contribution in [2.24, 2.45) is 0 Å². The summed E-state index contributed by atoms with van der Waals surface area (Å²) < 4.78 is 1.55. The van der Waals surface area contributed by atoms with Crippen molar-refractivity contribution >= 4 is 17.9 Å². The van der Waals surface area contributed by atoms with E-state index in [1.54, 1.807) is 18.4 Å². The number of likely N-dealkylation sites (N-methyl/N-ethyl adjacent to an activating group) is 1. The Labute approximate surface area is 121 Å². The quantitative estimate of drug-likeness (QED) is 0.535. The second-order valence-corrected chi connectivity index (χ2v) is 4.32. The Morgan fingerprint density at radius 2 is 2.10 bits per heavy atom. The van der Waals surface area contributed by atoms with Gasteiger partial charge in [0.1, 0.15) is 6.04 Å². The van der Waals surface area contributed by atoms with Crippen LogP contribution in [0.15, 0.2) is 12.5 Å². The van der Waals surface area contributed by atoms with Crippen LogP contribution in [0.5, 0.6) is 0 Å². The third kappa shape index (κ3) is 5.51. The van der Waals surface area contributed by atoms with Crippen LogP contribution in [-0.4, -0.2) is 51.7 Å². The molecule has 9 heteroatoms. The van der Waals surface area contributed by atoms with Crippen LogP contribution in [0.4, 0.5) is 4.79 Å². The van der Waals surface area contributed by atoms with Crippen molar-refractivity contribution in [3.05, 3.63) is 18.2 Å². The number of carbonyl (C=O) groups is 3. The van der Waals surface area contributed by atoms with Gasteiger partial charge in [0.05, 0.1) is 6.33 Å². The van der Waals surface area contributed by atoms with E-state index >= 15 is 0 Å². The van der Waals surface area contributed by atoms with E-state index in [9.17, 15) is 14.4 Å². The molecule has 0 aliphatic carbocycles. The van der Waals surface area contributed by atoms with Crippen molar-refractivity contribution in [1.82, 2.24) is 25.5 Å². The van der Waals surface area contributed by atoms with Gasteiger partial charge in [-0.05, 0) is 13.8 Å². The van der Waals surface area contributed by atoms with Gasteiger partial charge in [-0.2, -0.15) is 0 Å². The molecule has 3 amide bonds. The maximum Gasteiger partial charge on any atom is 0.356 e. The van der Waals surface area contributed by atoms with E-state index in [0.29, 0.717) is 13.1 Å². The number of carboxylic acid groups (broad SMARTS) is 1. The third-order valence-corrected chi connectivity index (χ3v) is 2.60. The summed E-state index contributed by atoms with van der Waals surface area (Å²) in [5.41, 5.74) is -0.0516. The second-order valence-electron chi connectivity index (χ2n) is 4.32. The molecule has 1 heterocycles. The zero-order chi connectivity index (χ0) is 15.8. The van der Waals surface area contributed by atoms with Gasteiger partial charge in [0.25, 0.3) is 0 Å². The highest BCUT2D eigenvalue weighted by Gasteiger charge is 2.14. The van der Waals surface area contributed by atoms with Crippen molar-refractivity contribution in [3.8, 4) is 0 Å². The smallest absolute Gasteiger partial charge is 0.356 e. The Hall–Kier alpha value is -2.58. The molecule has 1 aromatic heterocycles. The van der Waals surface area contributed by atoms with Crippen molar-refractivity contribution in [1.29, 1.82) is 0 Å². The minimum Gasteiger partial charge on any atom is -0.476 e. The van der Waals surface area contributed by atoms with Gasteiger partial charge in [-0.15, -0.1) is 0 Å². The fourth-order valence-electron chi connectivity index (χ4n) is 1.53. The van der Waals surface area contributed by atoms with Gasteiger partial charge in [0.15, 0.2) is 5.69 Å². The van der Waals surface area contributed by atoms with Crippen LogP contribution in [0.25, 0.3) is 0 Å². The van der Waals surface area contributed by atoms with Gasteiger partial charge in [-0.3, -0.25) is 4.79 Å². The molecule has 0 aliphatic heterocycles. The molecule has 0 fully saturated rings. The number of nitrogens with one attached hydrogen (secondary N) is 3. The lowest BCUT2D eigenvalue weighted by atomic mass is 10.3. The number of urea groups is 1. The number of imidazole rings is 1. The number of carboxylic acids is 1. The first kappa shape index (κ1) is 16.5. The standard InChI is InChI=1S/C12H19N5O4/c1-3-13-10(18)8(2)16-12(21)14-4-5-17-6-9(11(19)20)15-7-17/h6-8H,3-5H2,1-2H3,(H,13,18)(H,19,20)(H2,14,16,21). The van der Waals surface area contributed by atoms with Crippen LogP contribution in [0.1, 0.15) is 24.3 Å². The molecule has 1 rings (SSSR count). The van der Waals surface area contributed by atoms with Crippen LogP contribution in [-0.2, 0) is 11.3 Å². The highest BCUT2D eigenvalue weighted by Crippen LogP contribution is 1.95. The number of amides is 3. The van der Waals surface area contributed by atoms with Crippen molar-refractivity contribution in [2.75, 3.05) is 13.1 Å². The SMILES string of the molecule is CCNC(=O)C(C)NC(=O)NCCn1cnc(C(=O)O)c1. The number of aromatic nitrogens is 2. The number of rotatable bonds is 7. The summed E-state index contributed by atoms with van der Waals surface area (Å²) in [6.07, 6.45) is 2.75. The molecule has 116 valence electrons. The summed E-state index contributed by atoms with van der Waals surface area (Å²) in [5.74, 6) is -1.36. The van der Waals surface area contributed by atoms with E-state index in [4.69, 9.17) is 5.11 Å². The second kappa shape index (κ2) is 7.88. The van der Waals surface area contributed by atoms with Gasteiger partial charge in [-0.1, -0.05) is 0 Å². The first-order valence-electron chi connectivity index (χ1n) is 6.51. The Morgan fingerprint density at radius 3 is 2.67 bits per heavy atom. The Balaban J connectivity index is 2.29. The molecule has 0 aliphatic rings. The molecule has 4 N–H and O–H groups in total. The topological polar surface area (TPSA) is 125 Å². The Bertz CT molecular complexity index is 514. The number of aromatic carboxylic acids is 1. The predicted molar refractivity (Wildman–Crippen MR) is 73.9 cm³/mol.